The van der Waals surface area contributed by atoms with Crippen LogP contribution in [0.4, 0.5) is 4.79 Å². The molecule has 2 aromatic heterocycles. The van der Waals surface area contributed by atoms with E-state index >= 15 is 0 Å². The molecule has 0 unspecified atom stereocenters. The van der Waals surface area contributed by atoms with Gasteiger partial charge in [-0.15, -0.1) is 11.3 Å². The molecule has 0 spiro atoms. The molecule has 120 valence electrons. The maximum atomic E-state index is 11.7. The van der Waals surface area contributed by atoms with Crippen molar-refractivity contribution in [3.63, 3.8) is 0 Å². The summed E-state index contributed by atoms with van der Waals surface area (Å²) in [7, 11) is 0. The lowest BCUT2D eigenvalue weighted by molar-refractivity contribution is 0.240. The highest BCUT2D eigenvalue weighted by Crippen LogP contribution is 2.16. The number of aryl methyl sites for hydroxylation is 4. The molecule has 0 radical (unpaired) electrons. The van der Waals surface area contributed by atoms with Crippen LogP contribution in [0.1, 0.15) is 34.5 Å². The van der Waals surface area contributed by atoms with Gasteiger partial charge in [0, 0.05) is 28.5 Å². The molecule has 0 saturated carbocycles. The number of hydrogen-bond donors (Lipinski definition) is 2. The Bertz CT molecular complexity index is 617. The van der Waals surface area contributed by atoms with Crippen molar-refractivity contribution in [2.75, 3.05) is 6.54 Å². The molecule has 0 aliphatic carbocycles. The van der Waals surface area contributed by atoms with Crippen LogP contribution in [0.2, 0.25) is 0 Å². The first kappa shape index (κ1) is 16.5. The van der Waals surface area contributed by atoms with Crippen LogP contribution in [0.25, 0.3) is 0 Å². The number of nitrogens with zero attached hydrogens (tertiary/aromatic N) is 2. The third-order valence-corrected chi connectivity index (χ3v) is 4.65. The number of urea groups is 1. The van der Waals surface area contributed by atoms with Gasteiger partial charge in [-0.3, -0.25) is 4.68 Å². The minimum absolute atomic E-state index is 0.111. The first-order valence-electron chi connectivity index (χ1n) is 7.69. The molecule has 22 heavy (non-hydrogen) atoms. The number of hydrogen-bond acceptors (Lipinski definition) is 3. The van der Waals surface area contributed by atoms with Crippen molar-refractivity contribution in [3.8, 4) is 0 Å². The molecule has 2 amide bonds. The standard InChI is InChI=1S/C16H24N4OS/c1-4-14-6-7-15(22-14)11-18-16(21)17-8-5-9-20-13(3)10-12(2)19-20/h6-7,10H,4-5,8-9,11H2,1-3H3,(H2,17,18,21). The van der Waals surface area contributed by atoms with Gasteiger partial charge in [0.1, 0.15) is 0 Å². The van der Waals surface area contributed by atoms with E-state index in [1.807, 2.05) is 18.5 Å². The first-order valence-corrected chi connectivity index (χ1v) is 8.50. The fourth-order valence-corrected chi connectivity index (χ4v) is 3.17. The average molecular weight is 320 g/mol. The average Bonchev–Trinajstić information content (AvgIpc) is 3.07. The summed E-state index contributed by atoms with van der Waals surface area (Å²) in [4.78, 5) is 14.3. The highest BCUT2D eigenvalue weighted by atomic mass is 32.1. The summed E-state index contributed by atoms with van der Waals surface area (Å²) in [6.07, 6.45) is 1.91. The Morgan fingerprint density at radius 1 is 1.27 bits per heavy atom. The molecule has 0 fully saturated rings. The smallest absolute Gasteiger partial charge is 0.315 e. The van der Waals surface area contributed by atoms with Gasteiger partial charge < -0.3 is 10.6 Å². The number of thiophene rings is 1. The molecule has 0 aliphatic rings. The molecular formula is C16H24N4OS. The maximum Gasteiger partial charge on any atom is 0.315 e. The van der Waals surface area contributed by atoms with Gasteiger partial charge in [0.15, 0.2) is 0 Å². The van der Waals surface area contributed by atoms with E-state index in [1.165, 1.54) is 9.75 Å². The Kier molecular flexibility index (Phi) is 6.00. The van der Waals surface area contributed by atoms with E-state index in [1.54, 1.807) is 11.3 Å². The molecule has 0 atom stereocenters. The predicted octanol–water partition coefficient (Wildman–Crippen LogP) is 3.01. The van der Waals surface area contributed by atoms with Gasteiger partial charge >= 0.3 is 6.03 Å². The van der Waals surface area contributed by atoms with Gasteiger partial charge in [-0.05, 0) is 44.9 Å². The molecule has 2 heterocycles. The number of rotatable bonds is 7. The summed E-state index contributed by atoms with van der Waals surface area (Å²) < 4.78 is 1.98. The third kappa shape index (κ3) is 4.87. The normalized spacial score (nSPS) is 10.7. The zero-order chi connectivity index (χ0) is 15.9. The Hall–Kier alpha value is -1.82. The van der Waals surface area contributed by atoms with Crippen molar-refractivity contribution < 1.29 is 4.79 Å². The third-order valence-electron chi connectivity index (χ3n) is 3.42. The molecule has 6 heteroatoms. The molecule has 5 nitrogen and oxygen atoms in total. The van der Waals surface area contributed by atoms with Crippen molar-refractivity contribution in [2.24, 2.45) is 0 Å². The van der Waals surface area contributed by atoms with Crippen molar-refractivity contribution in [3.05, 3.63) is 39.3 Å². The molecule has 0 bridgehead atoms. The highest BCUT2D eigenvalue weighted by molar-refractivity contribution is 7.11. The maximum absolute atomic E-state index is 11.7. The van der Waals surface area contributed by atoms with Gasteiger partial charge in [0.2, 0.25) is 0 Å². The summed E-state index contributed by atoms with van der Waals surface area (Å²) in [5, 5.41) is 10.2. The fraction of sp³-hybridized carbons (Fsp3) is 0.500. The van der Waals surface area contributed by atoms with Gasteiger partial charge in [-0.2, -0.15) is 5.10 Å². The Morgan fingerprint density at radius 2 is 2.05 bits per heavy atom. The van der Waals surface area contributed by atoms with Crippen LogP contribution in [-0.4, -0.2) is 22.4 Å². The van der Waals surface area contributed by atoms with E-state index in [0.717, 1.165) is 30.8 Å². The van der Waals surface area contributed by atoms with Crippen molar-refractivity contribution in [2.45, 2.75) is 46.7 Å². The lowest BCUT2D eigenvalue weighted by Crippen LogP contribution is -2.35. The zero-order valence-corrected chi connectivity index (χ0v) is 14.3. The minimum Gasteiger partial charge on any atom is -0.338 e. The number of carbonyl (C=O) groups excluding carboxylic acids is 1. The van der Waals surface area contributed by atoms with Crippen molar-refractivity contribution in [1.82, 2.24) is 20.4 Å². The summed E-state index contributed by atoms with van der Waals surface area (Å²) in [5.41, 5.74) is 2.19. The number of aromatic nitrogens is 2. The fourth-order valence-electron chi connectivity index (χ4n) is 2.27. The molecular weight excluding hydrogens is 296 g/mol. The SMILES string of the molecule is CCc1ccc(CNC(=O)NCCCn2nc(C)cc2C)s1. The zero-order valence-electron chi connectivity index (χ0n) is 13.5. The van der Waals surface area contributed by atoms with E-state index < -0.39 is 0 Å². The van der Waals surface area contributed by atoms with Gasteiger partial charge in [-0.1, -0.05) is 6.92 Å². The topological polar surface area (TPSA) is 59.0 Å². The van der Waals surface area contributed by atoms with Crippen molar-refractivity contribution >= 4 is 17.4 Å². The number of nitrogens with one attached hydrogen (secondary N) is 2. The molecule has 0 saturated heterocycles. The van der Waals surface area contributed by atoms with Crippen LogP contribution in [0.5, 0.6) is 0 Å². The predicted molar refractivity (Wildman–Crippen MR) is 90.3 cm³/mol. The minimum atomic E-state index is -0.111. The van der Waals surface area contributed by atoms with Crippen LogP contribution < -0.4 is 10.6 Å². The van der Waals surface area contributed by atoms with E-state index in [4.69, 9.17) is 0 Å². The lowest BCUT2D eigenvalue weighted by Gasteiger charge is -2.07. The van der Waals surface area contributed by atoms with E-state index in [9.17, 15) is 4.79 Å². The molecule has 0 aromatic carbocycles. The second-order valence-corrected chi connectivity index (χ2v) is 6.59. The van der Waals surface area contributed by atoms with Crippen LogP contribution >= 0.6 is 11.3 Å². The summed E-state index contributed by atoms with van der Waals surface area (Å²) in [6.45, 7) is 8.24. The van der Waals surface area contributed by atoms with Crippen LogP contribution in [0.3, 0.4) is 0 Å². The largest absolute Gasteiger partial charge is 0.338 e. The van der Waals surface area contributed by atoms with Gasteiger partial charge in [-0.25, -0.2) is 4.79 Å². The van der Waals surface area contributed by atoms with Crippen LogP contribution in [0.15, 0.2) is 18.2 Å². The quantitative estimate of drug-likeness (QED) is 0.771. The second kappa shape index (κ2) is 7.98. The lowest BCUT2D eigenvalue weighted by atomic mass is 10.3. The molecule has 0 aliphatic heterocycles. The first-order chi connectivity index (χ1) is 10.6. The molecule has 2 aromatic rings. The Labute approximate surface area is 135 Å². The van der Waals surface area contributed by atoms with Gasteiger partial charge in [0.25, 0.3) is 0 Å². The monoisotopic (exact) mass is 320 g/mol. The highest BCUT2D eigenvalue weighted by Gasteiger charge is 2.03. The van der Waals surface area contributed by atoms with E-state index in [-0.39, 0.29) is 6.03 Å². The van der Waals surface area contributed by atoms with Gasteiger partial charge in [0.05, 0.1) is 12.2 Å². The van der Waals surface area contributed by atoms with Crippen molar-refractivity contribution in [1.29, 1.82) is 0 Å². The number of carbonyl (C=O) groups is 1. The number of amides is 2. The second-order valence-electron chi connectivity index (χ2n) is 5.33. The van der Waals surface area contributed by atoms with Crippen LogP contribution in [0, 0.1) is 13.8 Å². The van der Waals surface area contributed by atoms with E-state index in [2.05, 4.69) is 40.9 Å². The van der Waals surface area contributed by atoms with Crippen LogP contribution in [-0.2, 0) is 19.5 Å². The molecule has 2 rings (SSSR count). The van der Waals surface area contributed by atoms with E-state index in [0.29, 0.717) is 13.1 Å². The Morgan fingerprint density at radius 3 is 2.68 bits per heavy atom. The summed E-state index contributed by atoms with van der Waals surface area (Å²) in [6, 6.07) is 6.14. The summed E-state index contributed by atoms with van der Waals surface area (Å²) in [5.74, 6) is 0. The molecule has 2 N–H and O–H groups in total. The Balaban J connectivity index is 1.62. The summed E-state index contributed by atoms with van der Waals surface area (Å²) >= 11 is 1.75.